The molecule has 1 aliphatic heterocycles. The van der Waals surface area contributed by atoms with Gasteiger partial charge in [-0.3, -0.25) is 0 Å². The van der Waals surface area contributed by atoms with Gasteiger partial charge in [0.25, 0.3) is 0 Å². The molecule has 0 aromatic heterocycles. The van der Waals surface area contributed by atoms with Gasteiger partial charge in [0.1, 0.15) is 0 Å². The molecule has 3 aliphatic rings. The normalized spacial score (nSPS) is 30.6. The van der Waals surface area contributed by atoms with E-state index in [-0.39, 0.29) is 23.4 Å². The number of fused-ring (bicyclic) bond motifs is 7. The summed E-state index contributed by atoms with van der Waals surface area (Å²) in [5.41, 5.74) is 2.46. The lowest BCUT2D eigenvalue weighted by Gasteiger charge is -2.44. The number of carboxylic acid groups (broad SMARTS) is 1. The zero-order chi connectivity index (χ0) is 18.9. The number of halogens is 3. The molecule has 0 saturated heterocycles. The van der Waals surface area contributed by atoms with Crippen LogP contribution in [-0.4, -0.2) is 11.1 Å². The smallest absolute Gasteiger partial charge is 0.336 e. The Bertz CT molecular complexity index is 963. The number of hydrogen-bond acceptors (Lipinski definition) is 2. The average Bonchev–Trinajstić information content (AvgIpc) is 3.24. The lowest BCUT2D eigenvalue weighted by atomic mass is 9.67. The molecule has 140 valence electrons. The molecule has 2 saturated carbocycles. The van der Waals surface area contributed by atoms with Crippen LogP contribution in [-0.2, 0) is 0 Å². The molecule has 3 nitrogen and oxygen atoms in total. The maximum absolute atomic E-state index is 13.9. The first-order valence-electron chi connectivity index (χ1n) is 9.22. The molecule has 0 unspecified atom stereocenters. The maximum Gasteiger partial charge on any atom is 0.336 e. The molecule has 5 rings (SSSR count). The molecule has 2 fully saturated rings. The monoisotopic (exact) mass is 389 g/mol. The van der Waals surface area contributed by atoms with Gasteiger partial charge in [-0.2, -0.15) is 0 Å². The maximum atomic E-state index is 13.9. The van der Waals surface area contributed by atoms with E-state index in [1.54, 1.807) is 12.1 Å². The number of carboxylic acids is 1. The highest BCUT2D eigenvalue weighted by Gasteiger charge is 2.54. The third kappa shape index (κ3) is 2.48. The molecule has 6 heteroatoms. The summed E-state index contributed by atoms with van der Waals surface area (Å²) in [5, 5.41) is 13.5. The molecule has 2 aromatic carbocycles. The molecule has 1 heterocycles. The highest BCUT2D eigenvalue weighted by molar-refractivity contribution is 6.31. The van der Waals surface area contributed by atoms with Gasteiger partial charge in [-0.25, -0.2) is 13.6 Å². The van der Waals surface area contributed by atoms with Gasteiger partial charge in [0, 0.05) is 10.7 Å². The van der Waals surface area contributed by atoms with Crippen molar-refractivity contribution in [2.75, 3.05) is 5.32 Å². The Morgan fingerprint density at radius 3 is 2.63 bits per heavy atom. The Morgan fingerprint density at radius 1 is 1.11 bits per heavy atom. The SMILES string of the molecule is O=C(O)c1cc(Cl)cc2c1[C@H]1[C@H]3CC[C@@H](C3)[C@H]1[C@@H](c1ccc(F)c(F)c1)N2. The molecule has 5 atom stereocenters. The molecule has 0 amide bonds. The molecule has 27 heavy (non-hydrogen) atoms. The summed E-state index contributed by atoms with van der Waals surface area (Å²) in [6, 6.07) is 7.11. The molecule has 2 bridgehead atoms. The summed E-state index contributed by atoms with van der Waals surface area (Å²) in [7, 11) is 0. The van der Waals surface area contributed by atoms with Crippen LogP contribution in [0.25, 0.3) is 0 Å². The summed E-state index contributed by atoms with van der Waals surface area (Å²) < 4.78 is 27.3. The van der Waals surface area contributed by atoms with Crippen molar-refractivity contribution in [2.24, 2.45) is 17.8 Å². The van der Waals surface area contributed by atoms with Crippen LogP contribution in [0.1, 0.15) is 52.7 Å². The van der Waals surface area contributed by atoms with E-state index in [1.807, 2.05) is 0 Å². The number of nitrogens with one attached hydrogen (secondary N) is 1. The van der Waals surface area contributed by atoms with Crippen LogP contribution in [0.4, 0.5) is 14.5 Å². The van der Waals surface area contributed by atoms with Gasteiger partial charge in [0.2, 0.25) is 0 Å². The molecule has 2 N–H and O–H groups in total. The molecule has 0 radical (unpaired) electrons. The van der Waals surface area contributed by atoms with Crippen molar-refractivity contribution in [3.63, 3.8) is 0 Å². The summed E-state index contributed by atoms with van der Waals surface area (Å²) in [5.74, 6) is -1.57. The number of hydrogen-bond donors (Lipinski definition) is 2. The molecule has 0 spiro atoms. The summed E-state index contributed by atoms with van der Waals surface area (Å²) in [6.07, 6.45) is 3.23. The van der Waals surface area contributed by atoms with Crippen LogP contribution >= 0.6 is 11.6 Å². The first-order valence-corrected chi connectivity index (χ1v) is 9.60. The first-order chi connectivity index (χ1) is 12.9. The van der Waals surface area contributed by atoms with E-state index in [2.05, 4.69) is 5.32 Å². The number of benzene rings is 2. The molecular weight excluding hydrogens is 372 g/mol. The van der Waals surface area contributed by atoms with Crippen LogP contribution in [0, 0.1) is 29.4 Å². The van der Waals surface area contributed by atoms with Crippen molar-refractivity contribution in [3.05, 3.63) is 63.7 Å². The summed E-state index contributed by atoms with van der Waals surface area (Å²) >= 11 is 6.17. The van der Waals surface area contributed by atoms with Crippen LogP contribution in [0.3, 0.4) is 0 Å². The molecule has 2 aliphatic carbocycles. The largest absolute Gasteiger partial charge is 0.478 e. The van der Waals surface area contributed by atoms with Crippen LogP contribution < -0.4 is 5.32 Å². The minimum atomic E-state index is -0.983. The quantitative estimate of drug-likeness (QED) is 0.701. The summed E-state index contributed by atoms with van der Waals surface area (Å²) in [4.78, 5) is 11.9. The standard InChI is InChI=1S/C21H18ClF2NO2/c22-12-7-13(21(26)27)19-16(8-12)25-20(11-3-4-14(23)15(24)6-11)18-10-2-1-9(5-10)17(18)19/h3-4,6-10,17-18,20,25H,1-2,5H2,(H,26,27)/t9-,10-,17-,18+,20+/m0/s1. The van der Waals surface area contributed by atoms with Gasteiger partial charge in [-0.05, 0) is 78.3 Å². The van der Waals surface area contributed by atoms with Gasteiger partial charge < -0.3 is 10.4 Å². The van der Waals surface area contributed by atoms with Gasteiger partial charge in [0.05, 0.1) is 11.6 Å². The van der Waals surface area contributed by atoms with E-state index in [4.69, 9.17) is 11.6 Å². The van der Waals surface area contributed by atoms with E-state index in [9.17, 15) is 18.7 Å². The van der Waals surface area contributed by atoms with E-state index in [1.165, 1.54) is 12.1 Å². The zero-order valence-corrected chi connectivity index (χ0v) is 15.1. The Kier molecular flexibility index (Phi) is 3.73. The van der Waals surface area contributed by atoms with Crippen LogP contribution in [0.5, 0.6) is 0 Å². The number of carbonyl (C=O) groups is 1. The number of rotatable bonds is 2. The minimum Gasteiger partial charge on any atom is -0.478 e. The minimum absolute atomic E-state index is 0.0986. The lowest BCUT2D eigenvalue weighted by molar-refractivity contribution is 0.0693. The fraction of sp³-hybridized carbons (Fsp3) is 0.381. The van der Waals surface area contributed by atoms with E-state index in [0.29, 0.717) is 28.1 Å². The number of aromatic carboxylic acids is 1. The molecule has 2 aromatic rings. The van der Waals surface area contributed by atoms with E-state index in [0.717, 1.165) is 30.9 Å². The first kappa shape index (κ1) is 17.0. The van der Waals surface area contributed by atoms with E-state index >= 15 is 0 Å². The van der Waals surface area contributed by atoms with Crippen molar-refractivity contribution in [3.8, 4) is 0 Å². The Morgan fingerprint density at radius 2 is 1.89 bits per heavy atom. The zero-order valence-electron chi connectivity index (χ0n) is 14.4. The fourth-order valence-corrected chi connectivity index (χ4v) is 6.01. The highest BCUT2D eigenvalue weighted by Crippen LogP contribution is 2.64. The Labute approximate surface area is 160 Å². The fourth-order valence-electron chi connectivity index (χ4n) is 5.79. The second-order valence-electron chi connectivity index (χ2n) is 7.95. The Balaban J connectivity index is 1.69. The van der Waals surface area contributed by atoms with Crippen LogP contribution in [0.15, 0.2) is 30.3 Å². The van der Waals surface area contributed by atoms with Crippen molar-refractivity contribution >= 4 is 23.3 Å². The second kappa shape index (κ2) is 5.93. The average molecular weight is 390 g/mol. The van der Waals surface area contributed by atoms with Crippen molar-refractivity contribution in [1.29, 1.82) is 0 Å². The second-order valence-corrected chi connectivity index (χ2v) is 8.39. The lowest BCUT2D eigenvalue weighted by Crippen LogP contribution is -2.36. The highest BCUT2D eigenvalue weighted by atomic mass is 35.5. The van der Waals surface area contributed by atoms with Crippen molar-refractivity contribution in [2.45, 2.75) is 31.2 Å². The Hall–Kier alpha value is -2.14. The third-order valence-corrected chi connectivity index (χ3v) is 6.91. The summed E-state index contributed by atoms with van der Waals surface area (Å²) in [6.45, 7) is 0. The topological polar surface area (TPSA) is 49.3 Å². The molecular formula is C21H18ClF2NO2. The predicted molar refractivity (Wildman–Crippen MR) is 98.2 cm³/mol. The van der Waals surface area contributed by atoms with Crippen molar-refractivity contribution < 1.29 is 18.7 Å². The third-order valence-electron chi connectivity index (χ3n) is 6.69. The van der Waals surface area contributed by atoms with Crippen LogP contribution in [0.2, 0.25) is 5.02 Å². The van der Waals surface area contributed by atoms with Crippen molar-refractivity contribution in [1.82, 2.24) is 0 Å². The predicted octanol–water partition coefficient (Wildman–Crippen LogP) is 5.61. The van der Waals surface area contributed by atoms with Gasteiger partial charge >= 0.3 is 5.97 Å². The van der Waals surface area contributed by atoms with Gasteiger partial charge in [-0.15, -0.1) is 0 Å². The van der Waals surface area contributed by atoms with E-state index < -0.39 is 17.6 Å². The van der Waals surface area contributed by atoms with Gasteiger partial charge in [-0.1, -0.05) is 17.7 Å². The number of anilines is 1. The van der Waals surface area contributed by atoms with Gasteiger partial charge in [0.15, 0.2) is 11.6 Å².